The maximum Gasteiger partial charge on any atom is 0.340 e. The third kappa shape index (κ3) is 24.4. The van der Waals surface area contributed by atoms with E-state index in [-0.39, 0.29) is 29.4 Å². The van der Waals surface area contributed by atoms with Gasteiger partial charge in [-0.1, -0.05) is 149 Å². The Morgan fingerprint density at radius 3 is 1.04 bits per heavy atom. The molecule has 6 N–H and O–H groups in total. The summed E-state index contributed by atoms with van der Waals surface area (Å²) in [5.41, 5.74) is 27.0. The quantitative estimate of drug-likeness (QED) is 0.0368. The van der Waals surface area contributed by atoms with E-state index in [0.717, 1.165) is 84.0 Å². The highest BCUT2D eigenvalue weighted by molar-refractivity contribution is 7.17. The van der Waals surface area contributed by atoms with Gasteiger partial charge in [-0.25, -0.2) is 24.0 Å². The number of carboxylic acids is 1. The number of nitrogens with one attached hydrogen (secondary N) is 1. The Morgan fingerprint density at radius 1 is 0.396 bits per heavy atom. The van der Waals surface area contributed by atoms with Crippen LogP contribution in [-0.4, -0.2) is 84.5 Å². The van der Waals surface area contributed by atoms with Gasteiger partial charge in [-0.05, 0) is 157 Å². The van der Waals surface area contributed by atoms with Gasteiger partial charge in [-0.15, -0.1) is 56.7 Å². The van der Waals surface area contributed by atoms with E-state index in [1.807, 2.05) is 55.7 Å². The van der Waals surface area contributed by atoms with Crippen molar-refractivity contribution in [1.29, 1.82) is 0 Å². The molecule has 0 atom stereocenters. The van der Waals surface area contributed by atoms with E-state index in [4.69, 9.17) is 35.5 Å². The Morgan fingerprint density at radius 2 is 0.698 bits per heavy atom. The fraction of sp³-hybridized carbons (Fsp3) is 0.286. The normalized spacial score (nSPS) is 10.4. The monoisotopic (exact) mass is 1390 g/mol. The Labute approximate surface area is 585 Å². The Kier molecular flexibility index (Phi) is 30.7. The molecule has 19 heteroatoms. The summed E-state index contributed by atoms with van der Waals surface area (Å²) < 4.78 is 19.0. The molecule has 10 rings (SSSR count). The molecule has 0 saturated heterocycles. The van der Waals surface area contributed by atoms with Gasteiger partial charge in [-0.2, -0.15) is 0 Å². The first-order valence-corrected chi connectivity index (χ1v) is 35.4. The van der Waals surface area contributed by atoms with Crippen molar-refractivity contribution in [2.24, 2.45) is 0 Å². The first kappa shape index (κ1) is 76.2. The van der Waals surface area contributed by atoms with Crippen LogP contribution in [0, 0.1) is 34.6 Å². The third-order valence-corrected chi connectivity index (χ3v) is 20.8. The SMILES string of the molecule is CNc1sc(CCc2ccc(C)cc2)cc1C(=O)OC.COC(=O)c1cc(CCc2ccc(C)cc2)sc1N.COC(=O)c1cc(CCc2ccc(C)cc2)sc1N(C)C.COC(=O)c1csc(CCc2ccc(C)cc2)c1.Cc1ccc(CCc2cc(C(=O)O)c(N)s2)cc1. The smallest absolute Gasteiger partial charge is 0.340 e. The predicted molar refractivity (Wildman–Crippen MR) is 400 cm³/mol. The summed E-state index contributed by atoms with van der Waals surface area (Å²) in [5.74, 6) is -2.13. The van der Waals surface area contributed by atoms with E-state index in [9.17, 15) is 24.0 Å². The molecule has 0 saturated carbocycles. The van der Waals surface area contributed by atoms with Gasteiger partial charge in [-0.3, -0.25) is 0 Å². The van der Waals surface area contributed by atoms with Crippen LogP contribution in [0.1, 0.15) is 132 Å². The van der Waals surface area contributed by atoms with Crippen molar-refractivity contribution in [1.82, 2.24) is 0 Å². The zero-order valence-electron chi connectivity index (χ0n) is 56.8. The van der Waals surface area contributed by atoms with Crippen molar-refractivity contribution in [2.45, 2.75) is 98.8 Å². The van der Waals surface area contributed by atoms with Gasteiger partial charge in [0.15, 0.2) is 0 Å². The molecule has 0 bridgehead atoms. The summed E-state index contributed by atoms with van der Waals surface area (Å²) in [6, 6.07) is 51.9. The molecule has 5 heterocycles. The van der Waals surface area contributed by atoms with Gasteiger partial charge in [0, 0.05) is 50.9 Å². The standard InChI is InChI=1S/C17H21NO2S.C16H19NO2S.C15H17NO2S.C15H16O2S.C14H15NO2S/c1-12-5-7-13(8-6-12)9-10-14-11-15(17(19)20-4)16(21-14)18(2)3;1-11-4-6-12(7-5-11)8-9-13-10-14(16(18)19-3)15(17-2)20-13;1-10-3-5-11(6-4-10)7-8-12-9-13(14(16)19-12)15(17)18-2;1-11-3-5-12(6-4-11)7-8-14-9-13(10-18-14)15(16)17-2;1-9-2-4-10(5-3-9)6-7-11-8-12(14(16)17)13(15)18-11/h5-8,11H,9-10H2,1-4H3;4-7,10,17H,8-9H2,1-3H3;3-6,9H,7-8,16H2,1-2H3;3-6,9-10H,7-8H2,1-2H3;2-5,8H,6-7,15H2,1H3,(H,16,17). The number of carboxylic acid groups (broad SMARTS) is 1. The van der Waals surface area contributed by atoms with Gasteiger partial charge >= 0.3 is 29.8 Å². The van der Waals surface area contributed by atoms with Crippen LogP contribution in [0.3, 0.4) is 0 Å². The average molecular weight is 1390 g/mol. The highest BCUT2D eigenvalue weighted by Gasteiger charge is 2.20. The number of carbonyl (C=O) groups is 5. The number of nitrogen functional groups attached to an aromatic ring is 2. The maximum atomic E-state index is 11.8. The third-order valence-electron chi connectivity index (χ3n) is 15.2. The summed E-state index contributed by atoms with van der Waals surface area (Å²) in [7, 11) is 11.3. The second kappa shape index (κ2) is 38.6. The molecule has 0 spiro atoms. The molecule has 0 amide bonds. The van der Waals surface area contributed by atoms with Crippen molar-refractivity contribution in [3.63, 3.8) is 0 Å². The topological polar surface area (TPSA) is 210 Å². The number of nitrogens with two attached hydrogens (primary N) is 2. The minimum absolute atomic E-state index is 0.221. The van der Waals surface area contributed by atoms with E-state index in [0.29, 0.717) is 32.3 Å². The number of benzene rings is 5. The number of anilines is 4. The first-order valence-electron chi connectivity index (χ1n) is 31.3. The number of nitrogens with zero attached hydrogens (tertiary/aromatic N) is 1. The van der Waals surface area contributed by atoms with Crippen LogP contribution in [-0.2, 0) is 83.2 Å². The molecule has 14 nitrogen and oxygen atoms in total. The van der Waals surface area contributed by atoms with Gasteiger partial charge in [0.05, 0.1) is 56.3 Å². The van der Waals surface area contributed by atoms with Crippen molar-refractivity contribution in [3.05, 3.63) is 265 Å². The average Bonchev–Trinajstić information content (AvgIpc) is 1.73. The van der Waals surface area contributed by atoms with Crippen molar-refractivity contribution in [3.8, 4) is 0 Å². The fourth-order valence-electron chi connectivity index (χ4n) is 9.60. The maximum absolute atomic E-state index is 11.8. The molecule has 0 aliphatic rings. The van der Waals surface area contributed by atoms with Crippen LogP contribution in [0.15, 0.2) is 157 Å². The molecule has 506 valence electrons. The fourth-order valence-corrected chi connectivity index (χ4v) is 14.4. The number of carbonyl (C=O) groups excluding carboxylic acids is 4. The predicted octanol–water partition coefficient (Wildman–Crippen LogP) is 17.3. The first-order chi connectivity index (χ1) is 46.0. The lowest BCUT2D eigenvalue weighted by atomic mass is 10.1. The molecular weight excluding hydrogens is 1300 g/mol. The number of ether oxygens (including phenoxy) is 4. The summed E-state index contributed by atoms with van der Waals surface area (Å²) in [5, 5.41) is 16.6. The Balaban J connectivity index is 0.000000190. The Bertz CT molecular complexity index is 4090. The van der Waals surface area contributed by atoms with Crippen molar-refractivity contribution < 1.29 is 48.0 Å². The highest BCUT2D eigenvalue weighted by Crippen LogP contribution is 2.33. The second-order valence-corrected chi connectivity index (χ2v) is 28.6. The van der Waals surface area contributed by atoms with Crippen LogP contribution >= 0.6 is 56.7 Å². The van der Waals surface area contributed by atoms with Crippen LogP contribution in [0.4, 0.5) is 20.0 Å². The molecule has 5 aromatic heterocycles. The highest BCUT2D eigenvalue weighted by atomic mass is 32.1. The number of rotatable bonds is 22. The van der Waals surface area contributed by atoms with Crippen LogP contribution in [0.2, 0.25) is 0 Å². The molecule has 0 aliphatic heterocycles. The Hall–Kier alpha value is -8.85. The number of esters is 4. The molecule has 0 unspecified atom stereocenters. The number of hydrogen-bond acceptors (Lipinski definition) is 18. The number of aryl methyl sites for hydroxylation is 15. The molecule has 0 aliphatic carbocycles. The molecule has 0 radical (unpaired) electrons. The van der Waals surface area contributed by atoms with Gasteiger partial charge < -0.3 is 45.7 Å². The molecule has 96 heavy (non-hydrogen) atoms. The van der Waals surface area contributed by atoms with E-state index in [2.05, 4.69) is 161 Å². The summed E-state index contributed by atoms with van der Waals surface area (Å²) >= 11 is 7.71. The minimum Gasteiger partial charge on any atom is -0.478 e. The number of aromatic carboxylic acids is 1. The minimum atomic E-state index is -0.953. The zero-order chi connectivity index (χ0) is 69.8. The van der Waals surface area contributed by atoms with Gasteiger partial charge in [0.25, 0.3) is 0 Å². The van der Waals surface area contributed by atoms with E-state index >= 15 is 0 Å². The van der Waals surface area contributed by atoms with Crippen LogP contribution in [0.25, 0.3) is 0 Å². The largest absolute Gasteiger partial charge is 0.478 e. The van der Waals surface area contributed by atoms with Gasteiger partial charge in [0.2, 0.25) is 0 Å². The lowest BCUT2D eigenvalue weighted by Gasteiger charge is -2.10. The lowest BCUT2D eigenvalue weighted by molar-refractivity contribution is 0.0592. The molecule has 0 fully saturated rings. The molecule has 10 aromatic rings. The molecule has 5 aromatic carbocycles. The van der Waals surface area contributed by atoms with E-state index < -0.39 is 5.97 Å². The number of hydrogen-bond donors (Lipinski definition) is 4. The summed E-state index contributed by atoms with van der Waals surface area (Å²) in [6.07, 6.45) is 9.34. The number of methoxy groups -OCH3 is 4. The summed E-state index contributed by atoms with van der Waals surface area (Å²) in [4.78, 5) is 64.9. The van der Waals surface area contributed by atoms with E-state index in [1.54, 1.807) is 40.1 Å². The lowest BCUT2D eigenvalue weighted by Crippen LogP contribution is -2.11. The van der Waals surface area contributed by atoms with Crippen molar-refractivity contribution >= 4 is 107 Å². The van der Waals surface area contributed by atoms with Crippen LogP contribution in [0.5, 0.6) is 0 Å². The number of thiophene rings is 5. The zero-order valence-corrected chi connectivity index (χ0v) is 60.9. The molecular formula is C77H88N4O10S5. The summed E-state index contributed by atoms with van der Waals surface area (Å²) in [6.45, 7) is 10.4. The second-order valence-electron chi connectivity index (χ2n) is 23.0. The van der Waals surface area contributed by atoms with E-state index in [1.165, 1.54) is 121 Å². The van der Waals surface area contributed by atoms with Gasteiger partial charge in [0.1, 0.15) is 20.0 Å². The van der Waals surface area contributed by atoms with Crippen LogP contribution < -0.4 is 21.7 Å². The van der Waals surface area contributed by atoms with Crippen molar-refractivity contribution in [2.75, 3.05) is 71.3 Å².